The third-order valence-corrected chi connectivity index (χ3v) is 6.54. The number of aryl methyl sites for hydroxylation is 1. The smallest absolute Gasteiger partial charge is 0.254 e. The zero-order chi connectivity index (χ0) is 26.5. The maximum Gasteiger partial charge on any atom is 0.254 e. The van der Waals surface area contributed by atoms with Crippen LogP contribution in [0.1, 0.15) is 41.4 Å². The summed E-state index contributed by atoms with van der Waals surface area (Å²) >= 11 is 0. The molecule has 1 saturated heterocycles. The van der Waals surface area contributed by atoms with Gasteiger partial charge in [-0.3, -0.25) is 4.79 Å². The van der Waals surface area contributed by atoms with Crippen molar-refractivity contribution in [2.45, 2.75) is 38.8 Å². The lowest BCUT2D eigenvalue weighted by Gasteiger charge is -2.26. The van der Waals surface area contributed by atoms with Crippen molar-refractivity contribution in [2.24, 2.45) is 0 Å². The molecule has 38 heavy (non-hydrogen) atoms. The van der Waals surface area contributed by atoms with Gasteiger partial charge in [0.1, 0.15) is 17.4 Å². The van der Waals surface area contributed by atoms with Crippen molar-refractivity contribution in [3.8, 4) is 17.3 Å². The quantitative estimate of drug-likeness (QED) is 0.261. The Hall–Kier alpha value is -4.04. The molecule has 1 aromatic heterocycles. The number of carbonyl (C=O) groups excluding carboxylic acids is 1. The number of ether oxygens (including phenoxy) is 2. The summed E-state index contributed by atoms with van der Waals surface area (Å²) in [5.74, 6) is -0.271. The number of benzene rings is 3. The number of hydrogen-bond donors (Lipinski definition) is 0. The number of hydrogen-bond acceptors (Lipinski definition) is 4. The number of nitrogens with zero attached hydrogens (tertiary/aromatic N) is 3. The number of amides is 1. The summed E-state index contributed by atoms with van der Waals surface area (Å²) in [5, 5.41) is 4.83. The van der Waals surface area contributed by atoms with Gasteiger partial charge in [0, 0.05) is 18.7 Å². The number of aromatic nitrogens is 2. The van der Waals surface area contributed by atoms with Crippen molar-refractivity contribution < 1.29 is 23.0 Å². The SMILES string of the molecule is CCc1nn(-c2ccccc2)c(Oc2ccc(F)cc2)c1CN(C[C@@H]1CCCO1)C(=O)c1cccc(F)c1. The standard InChI is InChI=1S/C30H29F2N3O3/c1-2-28-27(20-34(19-26-12-7-17-37-26)29(36)21-8-6-9-23(32)18-21)30(38-25-15-13-22(31)14-16-25)35(33-28)24-10-4-3-5-11-24/h3-6,8-11,13-16,18,26H,2,7,12,17,19-20H2,1H3/t26-/m0/s1. The highest BCUT2D eigenvalue weighted by atomic mass is 19.1. The molecule has 5 rings (SSSR count). The molecule has 0 saturated carbocycles. The number of halogens is 2. The van der Waals surface area contributed by atoms with E-state index >= 15 is 0 Å². The van der Waals surface area contributed by atoms with E-state index in [4.69, 9.17) is 14.6 Å². The molecule has 1 fully saturated rings. The van der Waals surface area contributed by atoms with Crippen LogP contribution in [0.4, 0.5) is 8.78 Å². The Labute approximate surface area is 220 Å². The Bertz CT molecular complexity index is 1380. The van der Waals surface area contributed by atoms with E-state index in [9.17, 15) is 13.6 Å². The minimum absolute atomic E-state index is 0.108. The highest BCUT2D eigenvalue weighted by Gasteiger charge is 2.28. The van der Waals surface area contributed by atoms with Crippen LogP contribution < -0.4 is 4.74 Å². The molecular weight excluding hydrogens is 488 g/mol. The topological polar surface area (TPSA) is 56.6 Å². The summed E-state index contributed by atoms with van der Waals surface area (Å²) < 4.78 is 41.5. The predicted octanol–water partition coefficient (Wildman–Crippen LogP) is 6.33. The first kappa shape index (κ1) is 25.6. The molecule has 8 heteroatoms. The van der Waals surface area contributed by atoms with Gasteiger partial charge < -0.3 is 14.4 Å². The van der Waals surface area contributed by atoms with Crippen molar-refractivity contribution >= 4 is 5.91 Å². The lowest BCUT2D eigenvalue weighted by atomic mass is 10.1. The van der Waals surface area contributed by atoms with Gasteiger partial charge in [0.15, 0.2) is 0 Å². The van der Waals surface area contributed by atoms with E-state index in [0.29, 0.717) is 31.2 Å². The minimum Gasteiger partial charge on any atom is -0.439 e. The van der Waals surface area contributed by atoms with Gasteiger partial charge in [-0.05, 0) is 73.9 Å². The maximum atomic E-state index is 14.0. The summed E-state index contributed by atoms with van der Waals surface area (Å²) in [6, 6.07) is 21.0. The second-order valence-electron chi connectivity index (χ2n) is 9.22. The average molecular weight is 518 g/mol. The molecule has 0 aliphatic carbocycles. The van der Waals surface area contributed by atoms with Gasteiger partial charge in [-0.1, -0.05) is 31.2 Å². The van der Waals surface area contributed by atoms with Gasteiger partial charge in [0.25, 0.3) is 5.91 Å². The monoisotopic (exact) mass is 517 g/mol. The van der Waals surface area contributed by atoms with Gasteiger partial charge in [-0.15, -0.1) is 0 Å². The number of rotatable bonds is 9. The molecule has 2 heterocycles. The van der Waals surface area contributed by atoms with Gasteiger partial charge in [0.2, 0.25) is 5.88 Å². The predicted molar refractivity (Wildman–Crippen MR) is 140 cm³/mol. The fourth-order valence-electron chi connectivity index (χ4n) is 4.63. The fourth-order valence-corrected chi connectivity index (χ4v) is 4.63. The third kappa shape index (κ3) is 5.75. The molecule has 196 valence electrons. The highest BCUT2D eigenvalue weighted by Crippen LogP contribution is 2.33. The van der Waals surface area contributed by atoms with Crippen LogP contribution in [0.5, 0.6) is 11.6 Å². The van der Waals surface area contributed by atoms with E-state index in [-0.39, 0.29) is 29.9 Å². The molecular formula is C30H29F2N3O3. The lowest BCUT2D eigenvalue weighted by molar-refractivity contribution is 0.0505. The molecule has 0 radical (unpaired) electrons. The molecule has 0 unspecified atom stereocenters. The van der Waals surface area contributed by atoms with Crippen molar-refractivity contribution in [2.75, 3.05) is 13.2 Å². The number of carbonyl (C=O) groups is 1. The van der Waals surface area contributed by atoms with Crippen LogP contribution in [0.15, 0.2) is 78.9 Å². The average Bonchev–Trinajstić information content (AvgIpc) is 3.57. The molecule has 0 N–H and O–H groups in total. The van der Waals surface area contributed by atoms with Crippen LogP contribution in [-0.4, -0.2) is 39.8 Å². The first-order valence-corrected chi connectivity index (χ1v) is 12.8. The Morgan fingerprint density at radius 2 is 1.84 bits per heavy atom. The maximum absolute atomic E-state index is 14.0. The van der Waals surface area contributed by atoms with Crippen molar-refractivity contribution in [1.82, 2.24) is 14.7 Å². The second kappa shape index (κ2) is 11.6. The van der Waals surface area contributed by atoms with E-state index in [1.807, 2.05) is 37.3 Å². The zero-order valence-corrected chi connectivity index (χ0v) is 21.1. The minimum atomic E-state index is -0.473. The van der Waals surface area contributed by atoms with E-state index in [1.54, 1.807) is 27.8 Å². The third-order valence-electron chi connectivity index (χ3n) is 6.54. The van der Waals surface area contributed by atoms with E-state index in [2.05, 4.69) is 0 Å². The Balaban J connectivity index is 1.57. The number of para-hydroxylation sites is 1. The van der Waals surface area contributed by atoms with Crippen molar-refractivity contribution in [3.63, 3.8) is 0 Å². The normalized spacial score (nSPS) is 15.0. The Morgan fingerprint density at radius 3 is 2.53 bits per heavy atom. The van der Waals surface area contributed by atoms with E-state index < -0.39 is 5.82 Å². The van der Waals surface area contributed by atoms with Crippen molar-refractivity contribution in [3.05, 3.63) is 107 Å². The molecule has 4 aromatic rings. The molecule has 0 bridgehead atoms. The van der Waals surface area contributed by atoms with Crippen LogP contribution in [0, 0.1) is 11.6 Å². The summed E-state index contributed by atoms with van der Waals surface area (Å²) in [4.78, 5) is 15.3. The molecule has 3 aromatic carbocycles. The van der Waals surface area contributed by atoms with Crippen molar-refractivity contribution in [1.29, 1.82) is 0 Å². The fraction of sp³-hybridized carbons (Fsp3) is 0.267. The molecule has 1 aliphatic rings. The van der Waals surface area contributed by atoms with Crippen LogP contribution in [0.3, 0.4) is 0 Å². The summed E-state index contributed by atoms with van der Waals surface area (Å²) in [6.07, 6.45) is 2.26. The van der Waals surface area contributed by atoms with Crippen LogP contribution >= 0.6 is 0 Å². The van der Waals surface area contributed by atoms with E-state index in [0.717, 1.165) is 29.8 Å². The molecule has 1 atom stereocenters. The summed E-state index contributed by atoms with van der Waals surface area (Å²) in [5.41, 5.74) is 2.53. The largest absolute Gasteiger partial charge is 0.439 e. The Morgan fingerprint density at radius 1 is 1.05 bits per heavy atom. The first-order valence-electron chi connectivity index (χ1n) is 12.8. The highest BCUT2D eigenvalue weighted by molar-refractivity contribution is 5.94. The van der Waals surface area contributed by atoms with Gasteiger partial charge in [-0.25, -0.2) is 13.5 Å². The first-order chi connectivity index (χ1) is 18.5. The van der Waals surface area contributed by atoms with Crippen LogP contribution in [0.25, 0.3) is 5.69 Å². The molecule has 0 spiro atoms. The van der Waals surface area contributed by atoms with Crippen LogP contribution in [-0.2, 0) is 17.7 Å². The van der Waals surface area contributed by atoms with Gasteiger partial charge in [-0.2, -0.15) is 5.10 Å². The Kier molecular flexibility index (Phi) is 7.79. The summed E-state index contributed by atoms with van der Waals surface area (Å²) in [7, 11) is 0. The molecule has 1 aliphatic heterocycles. The molecule has 6 nitrogen and oxygen atoms in total. The van der Waals surface area contributed by atoms with Gasteiger partial charge in [0.05, 0.1) is 29.6 Å². The second-order valence-corrected chi connectivity index (χ2v) is 9.22. The zero-order valence-electron chi connectivity index (χ0n) is 21.1. The van der Waals surface area contributed by atoms with Crippen LogP contribution in [0.2, 0.25) is 0 Å². The van der Waals surface area contributed by atoms with E-state index in [1.165, 1.54) is 30.3 Å². The summed E-state index contributed by atoms with van der Waals surface area (Å²) in [6.45, 7) is 3.17. The lowest BCUT2D eigenvalue weighted by Crippen LogP contribution is -2.37. The van der Waals surface area contributed by atoms with Gasteiger partial charge >= 0.3 is 0 Å². The molecule has 1 amide bonds.